The van der Waals surface area contributed by atoms with Gasteiger partial charge < -0.3 is 14.6 Å². The summed E-state index contributed by atoms with van der Waals surface area (Å²) in [5.41, 5.74) is 8.49. The maximum atomic E-state index is 13.6. The van der Waals surface area contributed by atoms with E-state index in [1.807, 2.05) is 201 Å². The molecule has 13 nitrogen and oxygen atoms in total. The van der Waals surface area contributed by atoms with Crippen molar-refractivity contribution in [3.8, 4) is 5.75 Å². The van der Waals surface area contributed by atoms with Crippen LogP contribution < -0.4 is 13.9 Å². The Balaban J connectivity index is 0.000000190. The van der Waals surface area contributed by atoms with Crippen LogP contribution in [0.2, 0.25) is 0 Å². The van der Waals surface area contributed by atoms with Crippen molar-refractivity contribution in [2.75, 3.05) is 18.6 Å². The Hall–Kier alpha value is -8.92. The number of carbonyl (C=O) groups excluding carboxylic acids is 5. The van der Waals surface area contributed by atoms with Crippen molar-refractivity contribution in [1.82, 2.24) is 9.80 Å². The number of Topliss-reactive ketones (excluding diaryl/α,β-unsaturated/α-hetero) is 2. The molecule has 0 saturated carbocycles. The zero-order chi connectivity index (χ0) is 57.7. The van der Waals surface area contributed by atoms with E-state index in [4.69, 9.17) is 9.47 Å². The molecule has 2 saturated heterocycles. The quantitative estimate of drug-likeness (QED) is 0.0415. The van der Waals surface area contributed by atoms with Crippen molar-refractivity contribution in [3.63, 3.8) is 0 Å². The van der Waals surface area contributed by atoms with E-state index in [-0.39, 0.29) is 77.8 Å². The van der Waals surface area contributed by atoms with Crippen LogP contribution in [0.15, 0.2) is 229 Å². The molecule has 83 heavy (non-hydrogen) atoms. The molecule has 0 radical (unpaired) electrons. The first-order valence-corrected chi connectivity index (χ1v) is 29.5. The minimum Gasteiger partial charge on any atom is -0.497 e. The zero-order valence-corrected chi connectivity index (χ0v) is 47.4. The van der Waals surface area contributed by atoms with Gasteiger partial charge in [-0.3, -0.25) is 29.0 Å². The molecule has 2 amide bonds. The fraction of sp³-hybridized carbons (Fsp3) is 0.206. The molecule has 4 aliphatic rings. The van der Waals surface area contributed by atoms with Crippen LogP contribution in [-0.2, 0) is 66.0 Å². The maximum absolute atomic E-state index is 13.6. The number of rotatable bonds is 21. The summed E-state index contributed by atoms with van der Waals surface area (Å²) in [6.07, 6.45) is 16.5. The number of nitrogens with zero attached hydrogens (tertiary/aromatic N) is 4. The monoisotopic (exact) mass is 1140 g/mol. The number of carboxylic acid groups (broad SMARTS) is 1. The number of aliphatic carboxylic acids is 1. The first-order valence-electron chi connectivity index (χ1n) is 27.4. The molecule has 0 bridgehead atoms. The largest absolute Gasteiger partial charge is 0.497 e. The number of carbonyl (C=O) groups is 6. The number of aromatic nitrogens is 2. The average Bonchev–Trinajstić information content (AvgIpc) is 3.36. The van der Waals surface area contributed by atoms with Crippen LogP contribution in [0.5, 0.6) is 5.75 Å². The number of amides is 2. The topological polar surface area (TPSA) is 155 Å². The molecule has 2 aromatic heterocycles. The molecule has 6 heterocycles. The number of β-lactam (4-membered cyclic amide) rings is 2. The highest BCUT2D eigenvalue weighted by Crippen LogP contribution is 2.47. The second-order valence-electron chi connectivity index (χ2n) is 20.6. The van der Waals surface area contributed by atoms with E-state index in [2.05, 4.69) is 21.3 Å². The van der Waals surface area contributed by atoms with Crippen LogP contribution in [0.1, 0.15) is 51.8 Å². The predicted molar refractivity (Wildman–Crippen MR) is 320 cm³/mol. The highest BCUT2D eigenvalue weighted by molar-refractivity contribution is 8.00. The fourth-order valence-corrected chi connectivity index (χ4v) is 13.2. The number of fused-ring (bicyclic) bond motifs is 2. The minimum atomic E-state index is -1.12. The van der Waals surface area contributed by atoms with Crippen molar-refractivity contribution in [2.24, 2.45) is 11.8 Å². The smallest absolute Gasteiger partial charge is 0.355 e. The number of thioether (sulfide) groups is 2. The van der Waals surface area contributed by atoms with Gasteiger partial charge in [0.1, 0.15) is 35.3 Å². The van der Waals surface area contributed by atoms with Crippen molar-refractivity contribution in [1.29, 1.82) is 0 Å². The van der Waals surface area contributed by atoms with Crippen molar-refractivity contribution in [3.05, 3.63) is 268 Å². The Morgan fingerprint density at radius 1 is 0.518 bits per heavy atom. The standard InChI is InChI=1S/C38H35N2O5S.C30H26N2O4S/c1-44-33-18-15-30(16-19-33)25-45-38(43)35-31(17-14-27-10-12-29(13-11-27)24-39-20-6-3-7-21-39)26-46-37-34(36(42)40(35)37)23-32(41)22-28-8-4-2-5-9-28;33-25(17-22-7-3-1-4-8-22)18-26-28(34)32-27(30(35)36)24(20-37-29(26)32)14-13-21-9-11-23(12-10-21)19-31-15-5-2-6-16-31/h2-21,34,37H,22-26H2,1H3;1-16,26,29H,17-20H2/q+1;/p+1/b17-14+;14-13+/t34-,37?;26-,29?/m11/s1. The lowest BCUT2D eigenvalue weighted by Crippen LogP contribution is -2.61. The van der Waals surface area contributed by atoms with Gasteiger partial charge in [0, 0.05) is 72.6 Å². The Labute approximate surface area is 491 Å². The molecule has 15 heteroatoms. The average molecular weight is 1140 g/mol. The highest BCUT2D eigenvalue weighted by Gasteiger charge is 2.55. The molecule has 1 N–H and O–H groups in total. The van der Waals surface area contributed by atoms with Gasteiger partial charge >= 0.3 is 11.9 Å². The van der Waals surface area contributed by atoms with E-state index >= 15 is 0 Å². The van der Waals surface area contributed by atoms with Crippen molar-refractivity contribution < 1.29 is 52.5 Å². The SMILES string of the molecule is COc1ccc(COC(=O)C2=C(/C=C/c3ccc(C[n+]4ccccc4)cc3)CSC3[C@H](CC(=O)Cc4ccccc4)C(=O)N23)cc1.O=C(Cc1ccccc1)C[C@@H]1C(=O)N2C(C(=O)O)=C(/C=C/c3ccc(C[n+]4ccccc4)cc3)CSC12. The summed E-state index contributed by atoms with van der Waals surface area (Å²) in [7, 11) is 1.60. The molecule has 2 fully saturated rings. The van der Waals surface area contributed by atoms with E-state index in [0.717, 1.165) is 46.5 Å². The molecular formula is C68H62N4O9S2+2. The number of methoxy groups -OCH3 is 1. The van der Waals surface area contributed by atoms with E-state index in [0.29, 0.717) is 28.4 Å². The first kappa shape index (κ1) is 57.3. The third kappa shape index (κ3) is 14.4. The number of benzene rings is 5. The summed E-state index contributed by atoms with van der Waals surface area (Å²) in [5, 5.41) is 9.32. The van der Waals surface area contributed by atoms with Gasteiger partial charge in [-0.25, -0.2) is 18.7 Å². The minimum absolute atomic E-state index is 0.00883. The normalized spacial score (nSPS) is 18.1. The van der Waals surface area contributed by atoms with Crippen molar-refractivity contribution >= 4 is 71.0 Å². The molecule has 7 aromatic rings. The molecule has 4 aliphatic heterocycles. The Bertz CT molecular complexity index is 3600. The van der Waals surface area contributed by atoms with Crippen LogP contribution in [0.25, 0.3) is 12.2 Å². The van der Waals surface area contributed by atoms with Gasteiger partial charge in [-0.2, -0.15) is 0 Å². The lowest BCUT2D eigenvalue weighted by Gasteiger charge is -2.49. The highest BCUT2D eigenvalue weighted by atomic mass is 32.2. The molecule has 2 unspecified atom stereocenters. The number of ketones is 2. The second kappa shape index (κ2) is 27.2. The first-order chi connectivity index (χ1) is 40.5. The van der Waals surface area contributed by atoms with Gasteiger partial charge in [0.05, 0.1) is 29.7 Å². The number of hydrogen-bond acceptors (Lipinski definition) is 10. The number of esters is 1. The van der Waals surface area contributed by atoms with Crippen LogP contribution >= 0.6 is 23.5 Å². The van der Waals surface area contributed by atoms with Crippen molar-refractivity contribution in [2.45, 2.75) is 56.1 Å². The number of carboxylic acids is 1. The third-order valence-electron chi connectivity index (χ3n) is 14.7. The van der Waals surface area contributed by atoms with Crippen LogP contribution in [0.3, 0.4) is 0 Å². The summed E-state index contributed by atoms with van der Waals surface area (Å²) in [4.78, 5) is 80.6. The maximum Gasteiger partial charge on any atom is 0.355 e. The Morgan fingerprint density at radius 2 is 0.928 bits per heavy atom. The molecule has 5 aromatic carbocycles. The number of ether oxygens (including phenoxy) is 2. The fourth-order valence-electron chi connectivity index (χ4n) is 10.4. The lowest BCUT2D eigenvalue weighted by molar-refractivity contribution is -0.688. The van der Waals surface area contributed by atoms with Gasteiger partial charge in [0.15, 0.2) is 37.9 Å². The summed E-state index contributed by atoms with van der Waals surface area (Å²) in [6, 6.07) is 54.6. The lowest BCUT2D eigenvalue weighted by atomic mass is 9.89. The van der Waals surface area contributed by atoms with Gasteiger partial charge in [-0.05, 0) is 51.1 Å². The van der Waals surface area contributed by atoms with E-state index in [1.54, 1.807) is 24.9 Å². The van der Waals surface area contributed by atoms with Gasteiger partial charge in [0.2, 0.25) is 11.8 Å². The third-order valence-corrected chi connectivity index (χ3v) is 17.4. The summed E-state index contributed by atoms with van der Waals surface area (Å²) in [6.45, 7) is 1.59. The number of pyridine rings is 2. The summed E-state index contributed by atoms with van der Waals surface area (Å²) < 4.78 is 15.2. The van der Waals surface area contributed by atoms with Gasteiger partial charge in [-0.15, -0.1) is 23.5 Å². The Kier molecular flexibility index (Phi) is 18.8. The van der Waals surface area contributed by atoms with Crippen LogP contribution in [-0.4, -0.2) is 79.6 Å². The Morgan fingerprint density at radius 3 is 1.36 bits per heavy atom. The van der Waals surface area contributed by atoms with E-state index < -0.39 is 23.8 Å². The predicted octanol–water partition coefficient (Wildman–Crippen LogP) is 9.88. The summed E-state index contributed by atoms with van der Waals surface area (Å²) >= 11 is 3.10. The van der Waals surface area contributed by atoms with Gasteiger partial charge in [0.25, 0.3) is 0 Å². The molecule has 0 spiro atoms. The second-order valence-corrected chi connectivity index (χ2v) is 22.8. The molecule has 0 aliphatic carbocycles. The van der Waals surface area contributed by atoms with E-state index in [1.165, 1.54) is 27.1 Å². The number of allylic oxidation sites excluding steroid dienone is 2. The van der Waals surface area contributed by atoms with Gasteiger partial charge in [-0.1, -0.05) is 158 Å². The number of hydrogen-bond donors (Lipinski definition) is 1. The zero-order valence-electron chi connectivity index (χ0n) is 45.8. The molecule has 11 rings (SSSR count). The summed E-state index contributed by atoms with van der Waals surface area (Å²) in [5.74, 6) is -1.43. The molecular weight excluding hydrogens is 1080 g/mol. The van der Waals surface area contributed by atoms with Crippen LogP contribution in [0.4, 0.5) is 0 Å². The molecule has 4 atom stereocenters. The van der Waals surface area contributed by atoms with E-state index in [9.17, 15) is 33.9 Å². The molecule has 418 valence electrons. The van der Waals surface area contributed by atoms with Crippen LogP contribution in [0, 0.1) is 11.8 Å².